The van der Waals surface area contributed by atoms with Crippen molar-refractivity contribution < 1.29 is 24.2 Å². The minimum absolute atomic E-state index is 0.0470. The van der Waals surface area contributed by atoms with Crippen molar-refractivity contribution >= 4 is 12.1 Å². The number of ether oxygens (including phenoxy) is 2. The van der Waals surface area contributed by atoms with Gasteiger partial charge >= 0.3 is 12.1 Å². The van der Waals surface area contributed by atoms with Gasteiger partial charge in [-0.3, -0.25) is 0 Å². The number of aliphatic hydroxyl groups is 1. The summed E-state index contributed by atoms with van der Waals surface area (Å²) in [5, 5.41) is 14.9. The molecule has 7 nitrogen and oxygen atoms in total. The summed E-state index contributed by atoms with van der Waals surface area (Å²) in [6, 6.07) is 11.4. The van der Waals surface area contributed by atoms with E-state index < -0.39 is 29.8 Å². The molecular weight excluding hydrogens is 324 g/mol. The molecule has 25 heavy (non-hydrogen) atoms. The second-order valence-electron chi connectivity index (χ2n) is 6.13. The summed E-state index contributed by atoms with van der Waals surface area (Å²) in [6.07, 6.45) is -1.95. The van der Waals surface area contributed by atoms with Crippen molar-refractivity contribution in [3.05, 3.63) is 36.4 Å². The maximum Gasteiger partial charge on any atom is 0.407 e. The molecular formula is C18H30N2O5. The Bertz CT molecular complexity index is 461. The normalized spacial score (nSPS) is 12.9. The summed E-state index contributed by atoms with van der Waals surface area (Å²) < 4.78 is 9.75. The summed E-state index contributed by atoms with van der Waals surface area (Å²) in [5.41, 5.74) is -0.598. The molecule has 0 radical (unpaired) electrons. The molecule has 0 bridgehead atoms. The molecule has 1 rings (SSSR count). The van der Waals surface area contributed by atoms with Crippen molar-refractivity contribution in [3.63, 3.8) is 0 Å². The Hall–Kier alpha value is -2.12. The van der Waals surface area contributed by atoms with E-state index in [1.54, 1.807) is 34.7 Å². The number of hydrogen-bond donors (Lipinski definition) is 3. The van der Waals surface area contributed by atoms with Gasteiger partial charge in [0.25, 0.3) is 0 Å². The average Bonchev–Trinajstić information content (AvgIpc) is 2.56. The molecule has 0 fully saturated rings. The summed E-state index contributed by atoms with van der Waals surface area (Å²) in [7, 11) is 1.57. The Morgan fingerprint density at radius 2 is 1.56 bits per heavy atom. The fraction of sp³-hybridized carbons (Fsp3) is 0.556. The van der Waals surface area contributed by atoms with Crippen molar-refractivity contribution in [2.45, 2.75) is 45.4 Å². The van der Waals surface area contributed by atoms with Gasteiger partial charge in [0.2, 0.25) is 0 Å². The van der Waals surface area contributed by atoms with Crippen LogP contribution in [0.15, 0.2) is 36.4 Å². The Kier molecular flexibility index (Phi) is 11.2. The number of aliphatic hydroxyl groups excluding tert-OH is 1. The molecule has 0 heterocycles. The Balaban J connectivity index is 0.000000796. The lowest BCUT2D eigenvalue weighted by Gasteiger charge is -2.23. The minimum atomic E-state index is -1.35. The number of nitrogens with one attached hydrogen (secondary N) is 2. The molecule has 1 aromatic rings. The van der Waals surface area contributed by atoms with E-state index in [1.165, 1.54) is 0 Å². The van der Waals surface area contributed by atoms with Crippen LogP contribution >= 0.6 is 0 Å². The maximum atomic E-state index is 11.4. The van der Waals surface area contributed by atoms with Crippen molar-refractivity contribution in [1.29, 1.82) is 0 Å². The summed E-state index contributed by atoms with van der Waals surface area (Å²) in [6.45, 7) is 7.12. The van der Waals surface area contributed by atoms with E-state index in [-0.39, 0.29) is 13.2 Å². The monoisotopic (exact) mass is 354 g/mol. The lowest BCUT2D eigenvalue weighted by molar-refractivity contribution is -0.154. The predicted molar refractivity (Wildman–Crippen MR) is 96.2 cm³/mol. The highest BCUT2D eigenvalue weighted by Gasteiger charge is 2.27. The van der Waals surface area contributed by atoms with Crippen molar-refractivity contribution in [1.82, 2.24) is 10.6 Å². The molecule has 142 valence electrons. The van der Waals surface area contributed by atoms with Crippen molar-refractivity contribution in [2.75, 3.05) is 20.2 Å². The fourth-order valence-electron chi connectivity index (χ4n) is 1.66. The Morgan fingerprint density at radius 3 is 1.92 bits per heavy atom. The highest BCUT2D eigenvalue weighted by atomic mass is 16.6. The standard InChI is InChI=1S/C12H24N2O5.C6H6/c1-6-18-10(16)9(15)8(13-5)7-14-11(17)19-12(2,3)4;1-2-4-6-5-3-1/h8-9,13,15H,6-7H2,1-5H3,(H,14,17);1-6H/t8?,9-;/m1./s1. The fourth-order valence-corrected chi connectivity index (χ4v) is 1.66. The van der Waals surface area contributed by atoms with E-state index >= 15 is 0 Å². The van der Waals surface area contributed by atoms with Crippen LogP contribution in [0, 0.1) is 0 Å². The maximum absolute atomic E-state index is 11.4. The molecule has 1 unspecified atom stereocenters. The second-order valence-corrected chi connectivity index (χ2v) is 6.13. The lowest BCUT2D eigenvalue weighted by atomic mass is 10.1. The van der Waals surface area contributed by atoms with Gasteiger partial charge in [0.05, 0.1) is 12.6 Å². The van der Waals surface area contributed by atoms with E-state index in [0.717, 1.165) is 0 Å². The van der Waals surface area contributed by atoms with Crippen LogP contribution in [0.4, 0.5) is 4.79 Å². The van der Waals surface area contributed by atoms with Crippen LogP contribution in [0.1, 0.15) is 27.7 Å². The van der Waals surface area contributed by atoms with E-state index in [4.69, 9.17) is 9.47 Å². The molecule has 0 aromatic heterocycles. The van der Waals surface area contributed by atoms with Gasteiger partial charge < -0.3 is 25.2 Å². The number of benzene rings is 1. The first-order valence-corrected chi connectivity index (χ1v) is 8.20. The molecule has 0 spiro atoms. The van der Waals surface area contributed by atoms with Crippen LogP contribution in [0.5, 0.6) is 0 Å². The smallest absolute Gasteiger partial charge is 0.407 e. The number of carbonyl (C=O) groups is 2. The molecule has 0 aliphatic heterocycles. The third-order valence-electron chi connectivity index (χ3n) is 2.81. The van der Waals surface area contributed by atoms with Gasteiger partial charge in [-0.1, -0.05) is 36.4 Å². The van der Waals surface area contributed by atoms with Gasteiger partial charge in [0.1, 0.15) is 5.60 Å². The lowest BCUT2D eigenvalue weighted by Crippen LogP contribution is -2.50. The van der Waals surface area contributed by atoms with E-state index in [1.807, 2.05) is 36.4 Å². The van der Waals surface area contributed by atoms with Crippen molar-refractivity contribution in [2.24, 2.45) is 0 Å². The number of esters is 1. The molecule has 0 saturated carbocycles. The zero-order valence-corrected chi connectivity index (χ0v) is 15.6. The van der Waals surface area contributed by atoms with E-state index in [9.17, 15) is 14.7 Å². The minimum Gasteiger partial charge on any atom is -0.464 e. The van der Waals surface area contributed by atoms with Gasteiger partial charge in [-0.2, -0.15) is 0 Å². The summed E-state index contributed by atoms with van der Waals surface area (Å²) in [4.78, 5) is 22.8. The molecule has 0 saturated heterocycles. The summed E-state index contributed by atoms with van der Waals surface area (Å²) >= 11 is 0. The first-order valence-electron chi connectivity index (χ1n) is 8.20. The van der Waals surface area contributed by atoms with Gasteiger partial charge in [0.15, 0.2) is 6.10 Å². The number of likely N-dealkylation sites (N-methyl/N-ethyl adjacent to an activating group) is 1. The first-order chi connectivity index (χ1) is 11.7. The van der Waals surface area contributed by atoms with Crippen LogP contribution < -0.4 is 10.6 Å². The average molecular weight is 354 g/mol. The zero-order valence-electron chi connectivity index (χ0n) is 15.6. The molecule has 0 aliphatic carbocycles. The SMILES string of the molecule is CCOC(=O)[C@H](O)C(CNC(=O)OC(C)(C)C)NC.c1ccccc1. The number of alkyl carbamates (subject to hydrolysis) is 1. The van der Waals surface area contributed by atoms with Crippen LogP contribution in [0.25, 0.3) is 0 Å². The van der Waals surface area contributed by atoms with Gasteiger partial charge in [-0.15, -0.1) is 0 Å². The molecule has 7 heteroatoms. The van der Waals surface area contributed by atoms with Crippen LogP contribution in [0.3, 0.4) is 0 Å². The topological polar surface area (TPSA) is 96.9 Å². The van der Waals surface area contributed by atoms with E-state index in [2.05, 4.69) is 10.6 Å². The Morgan fingerprint density at radius 1 is 1.08 bits per heavy atom. The molecule has 3 N–H and O–H groups in total. The van der Waals surface area contributed by atoms with Gasteiger partial charge in [-0.05, 0) is 34.7 Å². The number of carbonyl (C=O) groups excluding carboxylic acids is 2. The summed E-state index contributed by atoms with van der Waals surface area (Å²) in [5.74, 6) is -0.729. The molecule has 0 aliphatic rings. The molecule has 1 amide bonds. The van der Waals surface area contributed by atoms with Crippen LogP contribution in [0.2, 0.25) is 0 Å². The third kappa shape index (κ3) is 12.0. The predicted octanol–water partition coefficient (Wildman–Crippen LogP) is 1.71. The van der Waals surface area contributed by atoms with Gasteiger partial charge in [-0.25, -0.2) is 9.59 Å². The third-order valence-corrected chi connectivity index (χ3v) is 2.81. The number of rotatable bonds is 6. The number of hydrogen-bond acceptors (Lipinski definition) is 6. The molecule has 1 aromatic carbocycles. The zero-order chi connectivity index (χ0) is 19.3. The van der Waals surface area contributed by atoms with Crippen LogP contribution in [-0.2, 0) is 14.3 Å². The van der Waals surface area contributed by atoms with E-state index in [0.29, 0.717) is 0 Å². The molecule has 2 atom stereocenters. The van der Waals surface area contributed by atoms with Gasteiger partial charge in [0, 0.05) is 6.54 Å². The quantitative estimate of drug-likeness (QED) is 0.673. The second kappa shape index (κ2) is 12.3. The van der Waals surface area contributed by atoms with Crippen molar-refractivity contribution in [3.8, 4) is 0 Å². The largest absolute Gasteiger partial charge is 0.464 e. The Labute approximate surface area is 149 Å². The van der Waals surface area contributed by atoms with Crippen LogP contribution in [-0.4, -0.2) is 55.1 Å². The highest BCUT2D eigenvalue weighted by molar-refractivity contribution is 5.75. The number of amides is 1. The highest BCUT2D eigenvalue weighted by Crippen LogP contribution is 2.06. The first kappa shape index (κ1) is 22.9.